The molecule has 2 atom stereocenters. The van der Waals surface area contributed by atoms with Crippen molar-refractivity contribution >= 4 is 23.4 Å². The van der Waals surface area contributed by atoms with Gasteiger partial charge in [-0.25, -0.2) is 4.39 Å². The van der Waals surface area contributed by atoms with Crippen LogP contribution in [0.3, 0.4) is 0 Å². The van der Waals surface area contributed by atoms with E-state index < -0.39 is 23.2 Å². The monoisotopic (exact) mass is 397 g/mol. The number of nitrogens with zero attached hydrogens (tertiary/aromatic N) is 1. The number of hydrogen-bond acceptors (Lipinski definition) is 4. The summed E-state index contributed by atoms with van der Waals surface area (Å²) in [6.45, 7) is -0.377. The predicted octanol–water partition coefficient (Wildman–Crippen LogP) is 1.49. The lowest BCUT2D eigenvalue weighted by Gasteiger charge is -2.34. The minimum Gasteiger partial charge on any atom is -0.368 e. The molecular weight excluding hydrogens is 377 g/mol. The lowest BCUT2D eigenvalue weighted by atomic mass is 9.72. The van der Waals surface area contributed by atoms with E-state index >= 15 is 0 Å². The third kappa shape index (κ3) is 3.15. The Morgan fingerprint density at radius 1 is 1.17 bits per heavy atom. The Labute approximate surface area is 166 Å². The minimum absolute atomic E-state index is 0.193. The fraction of sp³-hybridized carbons (Fsp3) is 0.286. The number of rotatable bonds is 5. The number of anilines is 1. The third-order valence-corrected chi connectivity index (χ3v) is 5.56. The third-order valence-electron chi connectivity index (χ3n) is 5.56. The number of para-hydroxylation sites is 1. The zero-order valence-electron chi connectivity index (χ0n) is 15.6. The standard InChI is InChI=1S/C21H20FN3O4/c22-14-7-5-13(6-8-14)19-21(15-3-1-2-4-16(15)24-20(21)28)9-10-25(19)18(27)12-29-11-17(23)26/h1-8,19H,9-12H2,(H2,23,26)(H,24,28)/t19-,21+/m0/s1. The molecule has 1 saturated heterocycles. The summed E-state index contributed by atoms with van der Waals surface area (Å²) >= 11 is 0. The molecular formula is C21H20FN3O4. The van der Waals surface area contributed by atoms with Crippen LogP contribution >= 0.6 is 0 Å². The molecule has 150 valence electrons. The van der Waals surface area contributed by atoms with Gasteiger partial charge < -0.3 is 20.7 Å². The SMILES string of the molecule is NC(=O)COCC(=O)N1CC[C@]2(C(=O)Nc3ccccc32)[C@@H]1c1ccc(F)cc1. The molecule has 3 N–H and O–H groups in total. The first-order chi connectivity index (χ1) is 13.9. The van der Waals surface area contributed by atoms with Gasteiger partial charge in [-0.15, -0.1) is 0 Å². The average Bonchev–Trinajstić information content (AvgIpc) is 3.22. The maximum atomic E-state index is 13.5. The number of hydrogen-bond donors (Lipinski definition) is 2. The number of primary amides is 1. The van der Waals surface area contributed by atoms with Crippen molar-refractivity contribution in [1.82, 2.24) is 4.90 Å². The summed E-state index contributed by atoms with van der Waals surface area (Å²) < 4.78 is 18.6. The Balaban J connectivity index is 1.75. The first-order valence-electron chi connectivity index (χ1n) is 9.25. The fourth-order valence-electron chi connectivity index (χ4n) is 4.39. The second-order valence-corrected chi connectivity index (χ2v) is 7.22. The van der Waals surface area contributed by atoms with Crippen molar-refractivity contribution < 1.29 is 23.5 Å². The van der Waals surface area contributed by atoms with Crippen molar-refractivity contribution in [3.8, 4) is 0 Å². The lowest BCUT2D eigenvalue weighted by Crippen LogP contribution is -2.43. The van der Waals surface area contributed by atoms with E-state index in [-0.39, 0.29) is 25.0 Å². The van der Waals surface area contributed by atoms with Gasteiger partial charge in [0, 0.05) is 12.2 Å². The summed E-state index contributed by atoms with van der Waals surface area (Å²) in [7, 11) is 0. The van der Waals surface area contributed by atoms with Crippen molar-refractivity contribution in [3.63, 3.8) is 0 Å². The van der Waals surface area contributed by atoms with Crippen molar-refractivity contribution in [2.45, 2.75) is 17.9 Å². The van der Waals surface area contributed by atoms with Gasteiger partial charge in [-0.1, -0.05) is 30.3 Å². The number of carbonyl (C=O) groups is 3. The van der Waals surface area contributed by atoms with Gasteiger partial charge in [-0.05, 0) is 35.7 Å². The maximum absolute atomic E-state index is 13.5. The second kappa shape index (κ2) is 7.29. The van der Waals surface area contributed by atoms with Crippen LogP contribution < -0.4 is 11.1 Å². The number of amides is 3. The fourth-order valence-corrected chi connectivity index (χ4v) is 4.39. The number of ether oxygens (including phenoxy) is 1. The van der Waals surface area contributed by atoms with E-state index in [1.54, 1.807) is 17.0 Å². The van der Waals surface area contributed by atoms with Crippen molar-refractivity contribution in [1.29, 1.82) is 0 Å². The Hall–Kier alpha value is -3.26. The van der Waals surface area contributed by atoms with E-state index in [0.29, 0.717) is 24.2 Å². The average molecular weight is 397 g/mol. The number of carbonyl (C=O) groups excluding carboxylic acids is 3. The Morgan fingerprint density at radius 2 is 1.90 bits per heavy atom. The van der Waals surface area contributed by atoms with Crippen LogP contribution in [0.2, 0.25) is 0 Å². The summed E-state index contributed by atoms with van der Waals surface area (Å²) in [6, 6.07) is 12.6. The largest absolute Gasteiger partial charge is 0.368 e. The molecule has 1 fully saturated rings. The van der Waals surface area contributed by atoms with Gasteiger partial charge in [0.05, 0.1) is 6.04 Å². The number of benzene rings is 2. The molecule has 0 radical (unpaired) electrons. The molecule has 1 spiro atoms. The number of nitrogens with one attached hydrogen (secondary N) is 1. The first kappa shape index (κ1) is 19.1. The molecule has 2 heterocycles. The van der Waals surface area contributed by atoms with Crippen LogP contribution in [0.25, 0.3) is 0 Å². The van der Waals surface area contributed by atoms with Crippen LogP contribution in [0.15, 0.2) is 48.5 Å². The van der Waals surface area contributed by atoms with E-state index in [4.69, 9.17) is 10.5 Å². The lowest BCUT2D eigenvalue weighted by molar-refractivity contribution is -0.139. The highest BCUT2D eigenvalue weighted by Crippen LogP contribution is 2.54. The van der Waals surface area contributed by atoms with Gasteiger partial charge in [0.1, 0.15) is 24.4 Å². The summed E-state index contributed by atoms with van der Waals surface area (Å²) in [5.74, 6) is -1.63. The van der Waals surface area contributed by atoms with Gasteiger partial charge in [0.2, 0.25) is 17.7 Å². The van der Waals surface area contributed by atoms with Crippen LogP contribution in [-0.2, 0) is 24.5 Å². The zero-order chi connectivity index (χ0) is 20.6. The molecule has 2 aliphatic rings. The summed E-state index contributed by atoms with van der Waals surface area (Å²) in [4.78, 5) is 38.5. The zero-order valence-corrected chi connectivity index (χ0v) is 15.6. The molecule has 2 aromatic carbocycles. The highest BCUT2D eigenvalue weighted by Gasteiger charge is 2.59. The molecule has 0 saturated carbocycles. The van der Waals surface area contributed by atoms with E-state index in [1.165, 1.54) is 12.1 Å². The van der Waals surface area contributed by atoms with Crippen LogP contribution in [0.4, 0.5) is 10.1 Å². The molecule has 7 nitrogen and oxygen atoms in total. The minimum atomic E-state index is -0.978. The van der Waals surface area contributed by atoms with Crippen molar-refractivity contribution in [2.24, 2.45) is 5.73 Å². The number of fused-ring (bicyclic) bond motifs is 2. The van der Waals surface area contributed by atoms with Gasteiger partial charge in [0.15, 0.2) is 0 Å². The van der Waals surface area contributed by atoms with Gasteiger partial charge in [-0.3, -0.25) is 14.4 Å². The first-order valence-corrected chi connectivity index (χ1v) is 9.25. The van der Waals surface area contributed by atoms with Crippen LogP contribution in [0.5, 0.6) is 0 Å². The molecule has 3 amide bonds. The van der Waals surface area contributed by atoms with Crippen LogP contribution in [0.1, 0.15) is 23.6 Å². The second-order valence-electron chi connectivity index (χ2n) is 7.22. The van der Waals surface area contributed by atoms with Crippen molar-refractivity contribution in [2.75, 3.05) is 25.1 Å². The summed E-state index contributed by atoms with van der Waals surface area (Å²) in [6.07, 6.45) is 0.416. The normalized spacial score (nSPS) is 22.6. The van der Waals surface area contributed by atoms with Gasteiger partial charge in [0.25, 0.3) is 0 Å². The van der Waals surface area contributed by atoms with Gasteiger partial charge >= 0.3 is 0 Å². The Morgan fingerprint density at radius 3 is 2.62 bits per heavy atom. The predicted molar refractivity (Wildman–Crippen MR) is 102 cm³/mol. The molecule has 0 unspecified atom stereocenters. The van der Waals surface area contributed by atoms with E-state index in [1.807, 2.05) is 24.3 Å². The molecule has 2 aliphatic heterocycles. The number of halogens is 1. The molecule has 4 rings (SSSR count). The molecule has 0 aliphatic carbocycles. The van der Waals surface area contributed by atoms with Gasteiger partial charge in [-0.2, -0.15) is 0 Å². The summed E-state index contributed by atoms with van der Waals surface area (Å²) in [5, 5.41) is 2.92. The van der Waals surface area contributed by atoms with Crippen molar-refractivity contribution in [3.05, 3.63) is 65.5 Å². The number of likely N-dealkylation sites (tertiary alicyclic amines) is 1. The van der Waals surface area contributed by atoms with Crippen LogP contribution in [-0.4, -0.2) is 42.4 Å². The van der Waals surface area contributed by atoms with E-state index in [0.717, 1.165) is 5.56 Å². The topological polar surface area (TPSA) is 102 Å². The quantitative estimate of drug-likeness (QED) is 0.798. The van der Waals surface area contributed by atoms with E-state index in [2.05, 4.69) is 5.32 Å². The molecule has 29 heavy (non-hydrogen) atoms. The van der Waals surface area contributed by atoms with Crippen LogP contribution in [0, 0.1) is 5.82 Å². The Kier molecular flexibility index (Phi) is 4.79. The highest BCUT2D eigenvalue weighted by molar-refractivity contribution is 6.07. The smallest absolute Gasteiger partial charge is 0.249 e. The summed E-state index contributed by atoms with van der Waals surface area (Å²) in [5.41, 5.74) is 6.25. The van der Waals surface area contributed by atoms with E-state index in [9.17, 15) is 18.8 Å². The molecule has 8 heteroatoms. The Bertz CT molecular complexity index is 978. The molecule has 0 aromatic heterocycles. The molecule has 2 aromatic rings. The number of nitrogens with two attached hydrogens (primary N) is 1. The maximum Gasteiger partial charge on any atom is 0.249 e. The molecule has 0 bridgehead atoms. The highest BCUT2D eigenvalue weighted by atomic mass is 19.1.